The monoisotopic (exact) mass is 405 g/mol. The lowest BCUT2D eigenvalue weighted by Gasteiger charge is -2.25. The summed E-state index contributed by atoms with van der Waals surface area (Å²) in [5.74, 6) is 1.06. The van der Waals surface area contributed by atoms with Gasteiger partial charge in [-0.3, -0.25) is 14.7 Å². The Morgan fingerprint density at radius 3 is 2.64 bits per heavy atom. The van der Waals surface area contributed by atoms with Crippen LogP contribution in [0.3, 0.4) is 0 Å². The fourth-order valence-electron chi connectivity index (χ4n) is 3.28. The molecule has 0 spiro atoms. The number of furan rings is 1. The number of rotatable bonds is 5. The highest BCUT2D eigenvalue weighted by Crippen LogP contribution is 2.35. The lowest BCUT2D eigenvalue weighted by molar-refractivity contribution is -0.117. The second kappa shape index (κ2) is 8.81. The molecule has 28 heavy (non-hydrogen) atoms. The van der Waals surface area contributed by atoms with E-state index in [1.807, 2.05) is 32.9 Å². The highest BCUT2D eigenvalue weighted by atomic mass is 32.2. The smallest absolute Gasteiger partial charge is 0.321 e. The number of hydrogen-bond acceptors (Lipinski definition) is 6. The summed E-state index contributed by atoms with van der Waals surface area (Å²) in [4.78, 5) is 24.0. The lowest BCUT2D eigenvalue weighted by atomic mass is 9.95. The van der Waals surface area contributed by atoms with Crippen molar-refractivity contribution in [1.82, 2.24) is 25.4 Å². The Labute approximate surface area is 168 Å². The molecule has 1 aliphatic rings. The number of carbonyl (C=O) groups is 2. The first kappa shape index (κ1) is 20.4. The maximum atomic E-state index is 12.2. The summed E-state index contributed by atoms with van der Waals surface area (Å²) >= 11 is 1.28. The van der Waals surface area contributed by atoms with Crippen LogP contribution in [-0.2, 0) is 4.79 Å². The van der Waals surface area contributed by atoms with Crippen LogP contribution < -0.4 is 10.6 Å². The minimum atomic E-state index is -0.497. The van der Waals surface area contributed by atoms with Crippen molar-refractivity contribution in [3.05, 3.63) is 18.4 Å². The molecule has 0 aliphatic heterocycles. The van der Waals surface area contributed by atoms with Gasteiger partial charge in [0.2, 0.25) is 11.7 Å². The van der Waals surface area contributed by atoms with Crippen molar-refractivity contribution in [3.8, 4) is 11.6 Å². The van der Waals surface area contributed by atoms with Crippen molar-refractivity contribution in [1.29, 1.82) is 0 Å². The molecular weight excluding hydrogens is 378 g/mol. The Balaban J connectivity index is 1.69. The predicted molar refractivity (Wildman–Crippen MR) is 107 cm³/mol. The van der Waals surface area contributed by atoms with E-state index in [-0.39, 0.29) is 11.7 Å². The Bertz CT molecular complexity index is 804. The summed E-state index contributed by atoms with van der Waals surface area (Å²) in [6, 6.07) is 3.48. The number of amides is 3. The number of nitrogens with zero attached hydrogens (tertiary/aromatic N) is 3. The zero-order valence-electron chi connectivity index (χ0n) is 16.5. The molecule has 2 N–H and O–H groups in total. The second-order valence-corrected chi connectivity index (χ2v) is 8.93. The van der Waals surface area contributed by atoms with Crippen molar-refractivity contribution in [2.24, 2.45) is 0 Å². The third kappa shape index (κ3) is 5.37. The third-order valence-corrected chi connectivity index (χ3v) is 5.36. The molecule has 0 bridgehead atoms. The van der Waals surface area contributed by atoms with Gasteiger partial charge in [0, 0.05) is 11.6 Å². The standard InChI is InChI=1S/C19H27N5O3S/c1-19(2,3)21-17(26)20-15(25)12-28-18-23-22-16(14-10-7-11-27-14)24(18)13-8-5-4-6-9-13/h7,10-11,13H,4-6,8-9,12H2,1-3H3,(H2,20,21,25,26). The number of imide groups is 1. The molecule has 9 heteroatoms. The Kier molecular flexibility index (Phi) is 6.43. The van der Waals surface area contributed by atoms with Gasteiger partial charge in [-0.25, -0.2) is 4.79 Å². The molecule has 152 valence electrons. The molecule has 0 saturated heterocycles. The first-order chi connectivity index (χ1) is 13.3. The molecule has 1 fully saturated rings. The molecule has 2 aromatic rings. The molecule has 0 atom stereocenters. The van der Waals surface area contributed by atoms with Gasteiger partial charge in [0.1, 0.15) is 0 Å². The molecule has 1 aliphatic carbocycles. The summed E-state index contributed by atoms with van der Waals surface area (Å²) in [5.41, 5.74) is -0.406. The zero-order chi connectivity index (χ0) is 20.1. The number of hydrogen-bond donors (Lipinski definition) is 2. The largest absolute Gasteiger partial charge is 0.461 e. The Hall–Kier alpha value is -2.29. The van der Waals surface area contributed by atoms with Gasteiger partial charge in [-0.15, -0.1) is 10.2 Å². The predicted octanol–water partition coefficient (Wildman–Crippen LogP) is 3.76. The summed E-state index contributed by atoms with van der Waals surface area (Å²) in [7, 11) is 0. The number of nitrogens with one attached hydrogen (secondary N) is 2. The topological polar surface area (TPSA) is 102 Å². The van der Waals surface area contributed by atoms with Gasteiger partial charge in [0.05, 0.1) is 12.0 Å². The van der Waals surface area contributed by atoms with E-state index in [2.05, 4.69) is 25.4 Å². The molecule has 3 rings (SSSR count). The van der Waals surface area contributed by atoms with Gasteiger partial charge < -0.3 is 9.73 Å². The second-order valence-electron chi connectivity index (χ2n) is 7.99. The van der Waals surface area contributed by atoms with Crippen molar-refractivity contribution in [2.75, 3.05) is 5.75 Å². The number of urea groups is 1. The van der Waals surface area contributed by atoms with Crippen molar-refractivity contribution >= 4 is 23.7 Å². The summed E-state index contributed by atoms with van der Waals surface area (Å²) in [5, 5.41) is 14.3. The van der Waals surface area contributed by atoms with Crippen LogP contribution in [0.5, 0.6) is 0 Å². The number of aromatic nitrogens is 3. The van der Waals surface area contributed by atoms with E-state index in [9.17, 15) is 9.59 Å². The molecule has 1 saturated carbocycles. The van der Waals surface area contributed by atoms with E-state index in [0.717, 1.165) is 25.7 Å². The van der Waals surface area contributed by atoms with Crippen LogP contribution >= 0.6 is 11.8 Å². The van der Waals surface area contributed by atoms with Crippen LogP contribution in [0.4, 0.5) is 4.79 Å². The van der Waals surface area contributed by atoms with Crippen LogP contribution in [0.15, 0.2) is 28.0 Å². The lowest BCUT2D eigenvalue weighted by Crippen LogP contribution is -2.48. The fraction of sp³-hybridized carbons (Fsp3) is 0.579. The molecule has 0 aromatic carbocycles. The van der Waals surface area contributed by atoms with E-state index in [1.165, 1.54) is 18.2 Å². The van der Waals surface area contributed by atoms with Gasteiger partial charge >= 0.3 is 6.03 Å². The van der Waals surface area contributed by atoms with E-state index < -0.39 is 11.6 Å². The Morgan fingerprint density at radius 1 is 1.25 bits per heavy atom. The van der Waals surface area contributed by atoms with Crippen molar-refractivity contribution < 1.29 is 14.0 Å². The molecule has 2 aromatic heterocycles. The average Bonchev–Trinajstić information content (AvgIpc) is 3.28. The minimum Gasteiger partial charge on any atom is -0.461 e. The van der Waals surface area contributed by atoms with Crippen molar-refractivity contribution in [2.45, 2.75) is 69.6 Å². The molecule has 2 heterocycles. The van der Waals surface area contributed by atoms with Crippen LogP contribution in [0.25, 0.3) is 11.6 Å². The third-order valence-electron chi connectivity index (χ3n) is 4.42. The normalized spacial score (nSPS) is 15.4. The van der Waals surface area contributed by atoms with Crippen LogP contribution in [0, 0.1) is 0 Å². The highest BCUT2D eigenvalue weighted by molar-refractivity contribution is 7.99. The van der Waals surface area contributed by atoms with Crippen LogP contribution in [-0.4, -0.2) is 38.0 Å². The van der Waals surface area contributed by atoms with E-state index in [4.69, 9.17) is 4.42 Å². The highest BCUT2D eigenvalue weighted by Gasteiger charge is 2.25. The average molecular weight is 406 g/mol. The zero-order valence-corrected chi connectivity index (χ0v) is 17.3. The molecule has 8 nitrogen and oxygen atoms in total. The van der Waals surface area contributed by atoms with Crippen molar-refractivity contribution in [3.63, 3.8) is 0 Å². The fourth-order valence-corrected chi connectivity index (χ4v) is 4.09. The number of carbonyl (C=O) groups excluding carboxylic acids is 2. The van der Waals surface area contributed by atoms with Gasteiger partial charge in [0.25, 0.3) is 0 Å². The first-order valence-corrected chi connectivity index (χ1v) is 10.6. The van der Waals surface area contributed by atoms with E-state index >= 15 is 0 Å². The van der Waals surface area contributed by atoms with E-state index in [1.54, 1.807) is 6.26 Å². The summed E-state index contributed by atoms with van der Waals surface area (Å²) < 4.78 is 7.61. The van der Waals surface area contributed by atoms with Gasteiger partial charge in [-0.05, 0) is 45.7 Å². The van der Waals surface area contributed by atoms with Gasteiger partial charge in [-0.2, -0.15) is 0 Å². The molecule has 0 radical (unpaired) electrons. The Morgan fingerprint density at radius 2 is 2.00 bits per heavy atom. The number of thioether (sulfide) groups is 1. The summed E-state index contributed by atoms with van der Waals surface area (Å²) in [6.07, 6.45) is 7.29. The van der Waals surface area contributed by atoms with Crippen LogP contribution in [0.2, 0.25) is 0 Å². The maximum absolute atomic E-state index is 12.2. The van der Waals surface area contributed by atoms with Gasteiger partial charge in [0.15, 0.2) is 10.9 Å². The van der Waals surface area contributed by atoms with Gasteiger partial charge in [-0.1, -0.05) is 31.0 Å². The first-order valence-electron chi connectivity index (χ1n) is 9.57. The molecular formula is C19H27N5O3S. The molecule has 0 unspecified atom stereocenters. The molecule has 3 amide bonds. The quantitative estimate of drug-likeness (QED) is 0.735. The SMILES string of the molecule is CC(C)(C)NC(=O)NC(=O)CSc1nnc(-c2ccco2)n1C1CCCCC1. The summed E-state index contributed by atoms with van der Waals surface area (Å²) in [6.45, 7) is 5.57. The van der Waals surface area contributed by atoms with E-state index in [0.29, 0.717) is 22.8 Å². The van der Waals surface area contributed by atoms with Crippen LogP contribution in [0.1, 0.15) is 58.9 Å². The maximum Gasteiger partial charge on any atom is 0.321 e. The minimum absolute atomic E-state index is 0.0839.